The summed E-state index contributed by atoms with van der Waals surface area (Å²) >= 11 is 1.42. The van der Waals surface area contributed by atoms with Gasteiger partial charge in [-0.1, -0.05) is 0 Å². The Morgan fingerprint density at radius 3 is 2.76 bits per heavy atom. The van der Waals surface area contributed by atoms with Crippen LogP contribution in [-0.4, -0.2) is 40.9 Å². The topological polar surface area (TPSA) is 86.3 Å². The second-order valence-electron chi connectivity index (χ2n) is 4.85. The normalized spacial score (nSPS) is 15.2. The van der Waals surface area contributed by atoms with Crippen LogP contribution in [0.3, 0.4) is 0 Å². The quantitative estimate of drug-likeness (QED) is 0.868. The van der Waals surface area contributed by atoms with Crippen molar-refractivity contribution in [2.24, 2.45) is 0 Å². The van der Waals surface area contributed by atoms with E-state index in [1.165, 1.54) is 29.5 Å². The van der Waals surface area contributed by atoms with Crippen molar-refractivity contribution in [3.63, 3.8) is 0 Å². The Morgan fingerprint density at radius 1 is 1.38 bits per heavy atom. The second-order valence-corrected chi connectivity index (χ2v) is 5.72. The summed E-state index contributed by atoms with van der Waals surface area (Å²) in [7, 11) is 1.35. The van der Waals surface area contributed by atoms with Gasteiger partial charge in [0, 0.05) is 24.7 Å². The summed E-state index contributed by atoms with van der Waals surface area (Å²) in [6, 6.07) is 0. The third kappa shape index (κ3) is 2.46. The maximum absolute atomic E-state index is 12.1. The van der Waals surface area contributed by atoms with E-state index in [-0.39, 0.29) is 5.82 Å². The molecular weight excluding hydrogens is 290 g/mol. The Morgan fingerprint density at radius 2 is 2.14 bits per heavy atom. The zero-order valence-electron chi connectivity index (χ0n) is 11.8. The number of aromatic nitrogens is 3. The molecule has 0 radical (unpaired) electrons. The zero-order chi connectivity index (χ0) is 14.8. The highest BCUT2D eigenvalue weighted by Crippen LogP contribution is 2.30. The Hall–Kier alpha value is -2.09. The first kappa shape index (κ1) is 13.9. The number of thiazole rings is 1. The lowest BCUT2D eigenvalue weighted by atomic mass is 10.1. The Kier molecular flexibility index (Phi) is 3.78. The Balaban J connectivity index is 2.08. The van der Waals surface area contributed by atoms with Crippen molar-refractivity contribution in [2.45, 2.75) is 19.3 Å². The fraction of sp³-hybridized carbons (Fsp3) is 0.462. The summed E-state index contributed by atoms with van der Waals surface area (Å²) in [5.41, 5.74) is 6.45. The van der Waals surface area contributed by atoms with Gasteiger partial charge in [0.15, 0.2) is 5.82 Å². The van der Waals surface area contributed by atoms with Crippen molar-refractivity contribution in [3.8, 4) is 5.13 Å². The molecule has 1 aliphatic heterocycles. The molecule has 0 saturated carbocycles. The lowest BCUT2D eigenvalue weighted by Gasteiger charge is -2.27. The molecule has 1 saturated heterocycles. The highest BCUT2D eigenvalue weighted by molar-refractivity contribution is 7.12. The van der Waals surface area contributed by atoms with E-state index >= 15 is 0 Å². The Bertz CT molecular complexity index is 631. The lowest BCUT2D eigenvalue weighted by Crippen LogP contribution is -2.31. The molecule has 2 aromatic heterocycles. The van der Waals surface area contributed by atoms with Crippen LogP contribution in [-0.2, 0) is 4.74 Å². The fourth-order valence-electron chi connectivity index (χ4n) is 2.51. The highest BCUT2D eigenvalue weighted by Gasteiger charge is 2.28. The van der Waals surface area contributed by atoms with Crippen LogP contribution in [0, 0.1) is 0 Å². The van der Waals surface area contributed by atoms with Gasteiger partial charge in [-0.25, -0.2) is 9.78 Å². The van der Waals surface area contributed by atoms with Crippen LogP contribution in [0.2, 0.25) is 0 Å². The molecule has 7 nitrogen and oxygen atoms in total. The number of anilines is 2. The average molecular weight is 307 g/mol. The minimum absolute atomic E-state index is 0.275. The van der Waals surface area contributed by atoms with E-state index in [1.807, 2.05) is 5.38 Å². The van der Waals surface area contributed by atoms with Crippen molar-refractivity contribution < 1.29 is 9.53 Å². The minimum atomic E-state index is -0.462. The molecule has 0 aliphatic carbocycles. The molecule has 1 fully saturated rings. The van der Waals surface area contributed by atoms with Crippen molar-refractivity contribution in [1.82, 2.24) is 14.8 Å². The summed E-state index contributed by atoms with van der Waals surface area (Å²) in [6.07, 6.45) is 5.06. The van der Waals surface area contributed by atoms with Gasteiger partial charge in [0.05, 0.1) is 7.11 Å². The molecule has 0 amide bonds. The molecule has 0 aromatic carbocycles. The van der Waals surface area contributed by atoms with Crippen LogP contribution in [0.5, 0.6) is 0 Å². The smallest absolute Gasteiger partial charge is 0.345 e. The summed E-state index contributed by atoms with van der Waals surface area (Å²) in [5.74, 6) is 0.405. The van der Waals surface area contributed by atoms with Gasteiger partial charge in [0.1, 0.15) is 11.4 Å². The summed E-state index contributed by atoms with van der Waals surface area (Å²) in [5, 5.41) is 6.99. The van der Waals surface area contributed by atoms with E-state index in [0.717, 1.165) is 25.9 Å². The number of piperidine rings is 1. The maximum Gasteiger partial charge on any atom is 0.345 e. The fourth-order valence-corrected chi connectivity index (χ4v) is 3.11. The van der Waals surface area contributed by atoms with Crippen LogP contribution in [0.25, 0.3) is 5.13 Å². The molecular formula is C13H17N5O2S. The molecule has 0 bridgehead atoms. The molecule has 3 rings (SSSR count). The summed E-state index contributed by atoms with van der Waals surface area (Å²) in [4.78, 5) is 18.4. The monoisotopic (exact) mass is 307 g/mol. The third-order valence-electron chi connectivity index (χ3n) is 3.55. The van der Waals surface area contributed by atoms with Gasteiger partial charge in [-0.3, -0.25) is 0 Å². The highest BCUT2D eigenvalue weighted by atomic mass is 32.1. The van der Waals surface area contributed by atoms with Crippen LogP contribution < -0.4 is 10.6 Å². The second kappa shape index (κ2) is 5.72. The number of methoxy groups -OCH3 is 1. The number of nitrogens with zero attached hydrogens (tertiary/aromatic N) is 4. The van der Waals surface area contributed by atoms with Gasteiger partial charge in [-0.15, -0.1) is 16.4 Å². The van der Waals surface area contributed by atoms with Crippen molar-refractivity contribution in [3.05, 3.63) is 17.1 Å². The average Bonchev–Trinajstić information content (AvgIpc) is 3.15. The number of carbonyl (C=O) groups excluding carboxylic acids is 1. The maximum atomic E-state index is 12.1. The van der Waals surface area contributed by atoms with Gasteiger partial charge < -0.3 is 15.4 Å². The number of hydrogen-bond donors (Lipinski definition) is 1. The predicted molar refractivity (Wildman–Crippen MR) is 81.1 cm³/mol. The summed E-state index contributed by atoms with van der Waals surface area (Å²) < 4.78 is 6.38. The van der Waals surface area contributed by atoms with E-state index in [0.29, 0.717) is 16.5 Å². The first-order valence-corrected chi connectivity index (χ1v) is 7.72. The number of carbonyl (C=O) groups is 1. The van der Waals surface area contributed by atoms with Crippen LogP contribution in [0.1, 0.15) is 29.6 Å². The van der Waals surface area contributed by atoms with Crippen molar-refractivity contribution in [1.29, 1.82) is 0 Å². The van der Waals surface area contributed by atoms with Crippen LogP contribution in [0.4, 0.5) is 11.6 Å². The molecule has 0 unspecified atom stereocenters. The number of hydrogen-bond acceptors (Lipinski definition) is 7. The minimum Gasteiger partial charge on any atom is -0.465 e. The van der Waals surface area contributed by atoms with Crippen LogP contribution >= 0.6 is 11.3 Å². The number of nitrogens with two attached hydrogens (primary N) is 1. The lowest BCUT2D eigenvalue weighted by molar-refractivity contribution is 0.0602. The van der Waals surface area contributed by atoms with E-state index in [1.54, 1.807) is 6.20 Å². The predicted octanol–water partition coefficient (Wildman–Crippen LogP) is 1.69. The van der Waals surface area contributed by atoms with E-state index in [4.69, 9.17) is 10.5 Å². The van der Waals surface area contributed by atoms with Gasteiger partial charge in [0.2, 0.25) is 5.13 Å². The number of ether oxygens (including phenoxy) is 1. The molecule has 0 atom stereocenters. The van der Waals surface area contributed by atoms with Crippen molar-refractivity contribution >= 4 is 28.9 Å². The molecule has 2 aromatic rings. The van der Waals surface area contributed by atoms with Gasteiger partial charge in [-0.2, -0.15) is 4.68 Å². The van der Waals surface area contributed by atoms with Crippen molar-refractivity contribution in [2.75, 3.05) is 30.8 Å². The first-order chi connectivity index (χ1) is 10.2. The Labute approximate surface area is 126 Å². The van der Waals surface area contributed by atoms with E-state index < -0.39 is 5.97 Å². The molecule has 3 heterocycles. The van der Waals surface area contributed by atoms with Gasteiger partial charge in [-0.05, 0) is 19.3 Å². The zero-order valence-corrected chi connectivity index (χ0v) is 12.6. The molecule has 21 heavy (non-hydrogen) atoms. The molecule has 0 spiro atoms. The third-order valence-corrected chi connectivity index (χ3v) is 4.30. The largest absolute Gasteiger partial charge is 0.465 e. The van der Waals surface area contributed by atoms with Crippen LogP contribution in [0.15, 0.2) is 11.6 Å². The molecule has 8 heteroatoms. The van der Waals surface area contributed by atoms with Gasteiger partial charge >= 0.3 is 5.97 Å². The van der Waals surface area contributed by atoms with E-state index in [9.17, 15) is 4.79 Å². The molecule has 112 valence electrons. The molecule has 1 aliphatic rings. The molecule has 2 N–H and O–H groups in total. The number of nitrogen functional groups attached to an aromatic ring is 1. The summed E-state index contributed by atoms with van der Waals surface area (Å²) in [6.45, 7) is 1.75. The number of esters is 1. The standard InChI is InChI=1S/C13H17N5O2S/c1-20-12(19)9-10(14)18(13-15-5-8-21-13)16-11(9)17-6-3-2-4-7-17/h5,8H,2-4,6-7,14H2,1H3. The van der Waals surface area contributed by atoms with Gasteiger partial charge in [0.25, 0.3) is 0 Å². The SMILES string of the molecule is COC(=O)c1c(N2CCCCC2)nn(-c2nccs2)c1N. The number of rotatable bonds is 3. The first-order valence-electron chi connectivity index (χ1n) is 6.84. The van der Waals surface area contributed by atoms with E-state index in [2.05, 4.69) is 15.0 Å².